The monoisotopic (exact) mass is 155 g/mol. The van der Waals surface area contributed by atoms with Crippen LogP contribution >= 0.6 is 0 Å². The first-order valence-corrected chi connectivity index (χ1v) is 3.83. The zero-order valence-corrected chi connectivity index (χ0v) is 6.58. The quantitative estimate of drug-likeness (QED) is 0.621. The van der Waals surface area contributed by atoms with Crippen LogP contribution in [0.2, 0.25) is 0 Å². The Kier molecular flexibility index (Phi) is 2.52. The number of carbonyl (C=O) groups is 1. The largest absolute Gasteiger partial charge is 0.481 e. The summed E-state index contributed by atoms with van der Waals surface area (Å²) >= 11 is 0. The molecule has 3 heteroatoms. The molecule has 0 aromatic heterocycles. The molecule has 0 amide bonds. The average molecular weight is 155 g/mol. The molecule has 2 unspecified atom stereocenters. The van der Waals surface area contributed by atoms with Gasteiger partial charge in [-0.15, -0.1) is 0 Å². The summed E-state index contributed by atoms with van der Waals surface area (Å²) in [5.41, 5.74) is 0. The van der Waals surface area contributed by atoms with Gasteiger partial charge in [0.05, 0.1) is 5.92 Å². The summed E-state index contributed by atoms with van der Waals surface area (Å²) in [6.07, 6.45) is 4.74. The van der Waals surface area contributed by atoms with Crippen LogP contribution in [-0.2, 0) is 4.79 Å². The minimum atomic E-state index is -0.702. The lowest BCUT2D eigenvalue weighted by Gasteiger charge is -2.22. The van der Waals surface area contributed by atoms with Crippen molar-refractivity contribution in [3.63, 3.8) is 0 Å². The SMILES string of the molecule is CC(C(=O)O)C1CC=CNC1. The molecule has 0 aromatic carbocycles. The first-order valence-electron chi connectivity index (χ1n) is 3.83. The van der Waals surface area contributed by atoms with Crippen LogP contribution in [0.25, 0.3) is 0 Å². The number of carboxylic acids is 1. The molecule has 2 atom stereocenters. The van der Waals surface area contributed by atoms with Crippen LogP contribution in [0.4, 0.5) is 0 Å². The van der Waals surface area contributed by atoms with E-state index in [9.17, 15) is 4.79 Å². The highest BCUT2D eigenvalue weighted by Gasteiger charge is 2.22. The van der Waals surface area contributed by atoms with Crippen molar-refractivity contribution in [1.82, 2.24) is 5.32 Å². The van der Waals surface area contributed by atoms with E-state index in [0.29, 0.717) is 0 Å². The fraction of sp³-hybridized carbons (Fsp3) is 0.625. The third kappa shape index (κ3) is 1.97. The van der Waals surface area contributed by atoms with Gasteiger partial charge in [-0.1, -0.05) is 13.0 Å². The summed E-state index contributed by atoms with van der Waals surface area (Å²) in [7, 11) is 0. The lowest BCUT2D eigenvalue weighted by atomic mass is 9.90. The molecular weight excluding hydrogens is 142 g/mol. The first kappa shape index (κ1) is 8.11. The van der Waals surface area contributed by atoms with Crippen molar-refractivity contribution in [2.45, 2.75) is 13.3 Å². The van der Waals surface area contributed by atoms with Gasteiger partial charge >= 0.3 is 5.97 Å². The summed E-state index contributed by atoms with van der Waals surface area (Å²) in [4.78, 5) is 10.5. The van der Waals surface area contributed by atoms with Gasteiger partial charge in [0, 0.05) is 6.54 Å². The molecule has 11 heavy (non-hydrogen) atoms. The maximum absolute atomic E-state index is 10.5. The minimum Gasteiger partial charge on any atom is -0.481 e. The third-order valence-electron chi connectivity index (χ3n) is 2.15. The number of allylic oxidation sites excluding steroid dienone is 1. The Bertz CT molecular complexity index is 177. The van der Waals surface area contributed by atoms with Gasteiger partial charge in [-0.2, -0.15) is 0 Å². The third-order valence-corrected chi connectivity index (χ3v) is 2.15. The predicted molar refractivity (Wildman–Crippen MR) is 42.0 cm³/mol. The zero-order valence-electron chi connectivity index (χ0n) is 6.58. The summed E-state index contributed by atoms with van der Waals surface area (Å²) in [5.74, 6) is -0.697. The van der Waals surface area contributed by atoms with Crippen LogP contribution < -0.4 is 5.32 Å². The smallest absolute Gasteiger partial charge is 0.306 e. The van der Waals surface area contributed by atoms with Gasteiger partial charge in [-0.05, 0) is 18.5 Å². The molecule has 0 aliphatic carbocycles. The van der Waals surface area contributed by atoms with Crippen LogP contribution in [-0.4, -0.2) is 17.6 Å². The Hall–Kier alpha value is -0.990. The second-order valence-corrected chi connectivity index (χ2v) is 2.93. The highest BCUT2D eigenvalue weighted by molar-refractivity contribution is 5.69. The van der Waals surface area contributed by atoms with E-state index in [1.165, 1.54) is 0 Å². The van der Waals surface area contributed by atoms with Crippen molar-refractivity contribution in [2.24, 2.45) is 11.8 Å². The Morgan fingerprint density at radius 2 is 2.55 bits per heavy atom. The Balaban J connectivity index is 2.46. The number of aliphatic carboxylic acids is 1. The lowest BCUT2D eigenvalue weighted by Crippen LogP contribution is -2.30. The molecule has 1 aliphatic rings. The van der Waals surface area contributed by atoms with E-state index in [1.807, 2.05) is 12.3 Å². The summed E-state index contributed by atoms with van der Waals surface area (Å²) < 4.78 is 0. The van der Waals surface area contributed by atoms with Gasteiger partial charge in [-0.3, -0.25) is 4.79 Å². The Morgan fingerprint density at radius 1 is 1.82 bits per heavy atom. The van der Waals surface area contributed by atoms with Crippen LogP contribution in [0.1, 0.15) is 13.3 Å². The molecule has 0 spiro atoms. The Labute approximate surface area is 66.1 Å². The second kappa shape index (κ2) is 3.42. The molecule has 1 heterocycles. The van der Waals surface area contributed by atoms with E-state index >= 15 is 0 Å². The highest BCUT2D eigenvalue weighted by atomic mass is 16.4. The number of hydrogen-bond donors (Lipinski definition) is 2. The van der Waals surface area contributed by atoms with Crippen LogP contribution in [0.3, 0.4) is 0 Å². The molecule has 0 radical (unpaired) electrons. The fourth-order valence-corrected chi connectivity index (χ4v) is 1.21. The van der Waals surface area contributed by atoms with E-state index < -0.39 is 5.97 Å². The molecule has 62 valence electrons. The van der Waals surface area contributed by atoms with E-state index in [4.69, 9.17) is 5.11 Å². The molecular formula is C8H13NO2. The molecule has 2 N–H and O–H groups in total. The number of hydrogen-bond acceptors (Lipinski definition) is 2. The minimum absolute atomic E-state index is 0.243. The molecule has 3 nitrogen and oxygen atoms in total. The molecule has 0 aromatic rings. The van der Waals surface area contributed by atoms with Crippen LogP contribution in [0.15, 0.2) is 12.3 Å². The van der Waals surface area contributed by atoms with E-state index in [2.05, 4.69) is 5.32 Å². The van der Waals surface area contributed by atoms with Crippen molar-refractivity contribution in [1.29, 1.82) is 0 Å². The van der Waals surface area contributed by atoms with E-state index in [-0.39, 0.29) is 11.8 Å². The van der Waals surface area contributed by atoms with E-state index in [0.717, 1.165) is 13.0 Å². The summed E-state index contributed by atoms with van der Waals surface area (Å²) in [5, 5.41) is 11.7. The van der Waals surface area contributed by atoms with Crippen molar-refractivity contribution in [2.75, 3.05) is 6.54 Å². The molecule has 0 saturated heterocycles. The molecule has 0 saturated carbocycles. The van der Waals surface area contributed by atoms with Gasteiger partial charge in [-0.25, -0.2) is 0 Å². The van der Waals surface area contributed by atoms with Gasteiger partial charge in [0.15, 0.2) is 0 Å². The standard InChI is InChI=1S/C8H13NO2/c1-6(8(10)11)7-3-2-4-9-5-7/h2,4,6-7,9H,3,5H2,1H3,(H,10,11). The topological polar surface area (TPSA) is 49.3 Å². The maximum atomic E-state index is 10.5. The normalized spacial score (nSPS) is 25.7. The number of rotatable bonds is 2. The van der Waals surface area contributed by atoms with Crippen LogP contribution in [0.5, 0.6) is 0 Å². The molecule has 0 bridgehead atoms. The van der Waals surface area contributed by atoms with Crippen molar-refractivity contribution in [3.8, 4) is 0 Å². The fourth-order valence-electron chi connectivity index (χ4n) is 1.21. The second-order valence-electron chi connectivity index (χ2n) is 2.93. The molecule has 1 rings (SSSR count). The summed E-state index contributed by atoms with van der Waals surface area (Å²) in [6, 6.07) is 0. The van der Waals surface area contributed by atoms with Crippen LogP contribution in [0, 0.1) is 11.8 Å². The summed E-state index contributed by atoms with van der Waals surface area (Å²) in [6.45, 7) is 2.54. The maximum Gasteiger partial charge on any atom is 0.306 e. The van der Waals surface area contributed by atoms with Gasteiger partial charge in [0.1, 0.15) is 0 Å². The highest BCUT2D eigenvalue weighted by Crippen LogP contribution is 2.17. The molecule has 1 aliphatic heterocycles. The van der Waals surface area contributed by atoms with Gasteiger partial charge in [0.25, 0.3) is 0 Å². The zero-order chi connectivity index (χ0) is 8.27. The molecule has 0 fully saturated rings. The van der Waals surface area contributed by atoms with Gasteiger partial charge in [0.2, 0.25) is 0 Å². The lowest BCUT2D eigenvalue weighted by molar-refractivity contribution is -0.142. The number of nitrogens with one attached hydrogen (secondary N) is 1. The first-order chi connectivity index (χ1) is 5.22. The predicted octanol–water partition coefficient (Wildman–Crippen LogP) is 0.830. The van der Waals surface area contributed by atoms with E-state index in [1.54, 1.807) is 6.92 Å². The van der Waals surface area contributed by atoms with Gasteiger partial charge < -0.3 is 10.4 Å². The average Bonchev–Trinajstić information content (AvgIpc) is 2.05. The van der Waals surface area contributed by atoms with Crippen molar-refractivity contribution < 1.29 is 9.90 Å². The van der Waals surface area contributed by atoms with Crippen molar-refractivity contribution in [3.05, 3.63) is 12.3 Å². The van der Waals surface area contributed by atoms with Crippen molar-refractivity contribution >= 4 is 5.97 Å². The number of carboxylic acid groups (broad SMARTS) is 1. The Morgan fingerprint density at radius 3 is 3.00 bits per heavy atom.